The van der Waals surface area contributed by atoms with Gasteiger partial charge in [-0.25, -0.2) is 4.79 Å². The minimum absolute atomic E-state index is 0.0311. The van der Waals surface area contributed by atoms with Crippen molar-refractivity contribution >= 4 is 46.8 Å². The van der Waals surface area contributed by atoms with E-state index >= 15 is 0 Å². The van der Waals surface area contributed by atoms with Gasteiger partial charge in [-0.3, -0.25) is 4.79 Å². The second-order valence-electron chi connectivity index (χ2n) is 5.50. The molecule has 2 N–H and O–H groups in total. The number of hydrogen-bond acceptors (Lipinski definition) is 4. The Morgan fingerprint density at radius 2 is 1.91 bits per heavy atom. The Bertz CT molecular complexity index is 617. The van der Waals surface area contributed by atoms with Crippen molar-refractivity contribution in [2.45, 2.75) is 35.5 Å². The van der Waals surface area contributed by atoms with Crippen LogP contribution in [0.5, 0.6) is 0 Å². The Kier molecular flexibility index (Phi) is 5.84. The zero-order valence-corrected chi connectivity index (χ0v) is 14.8. The Morgan fingerprint density at radius 3 is 2.48 bits per heavy atom. The third kappa shape index (κ3) is 4.32. The van der Waals surface area contributed by atoms with Gasteiger partial charge >= 0.3 is 5.97 Å². The molecule has 1 fully saturated rings. The number of benzene rings is 1. The molecule has 0 aliphatic carbocycles. The van der Waals surface area contributed by atoms with Gasteiger partial charge in [0.05, 0.1) is 10.3 Å². The van der Waals surface area contributed by atoms with Gasteiger partial charge in [-0.05, 0) is 25.1 Å². The van der Waals surface area contributed by atoms with Crippen LogP contribution in [-0.4, -0.2) is 50.9 Å². The van der Waals surface area contributed by atoms with E-state index < -0.39 is 11.6 Å². The quantitative estimate of drug-likeness (QED) is 0.788. The first-order chi connectivity index (χ1) is 10.7. The molecule has 0 spiro atoms. The van der Waals surface area contributed by atoms with Crippen molar-refractivity contribution < 1.29 is 19.8 Å². The fourth-order valence-electron chi connectivity index (χ4n) is 2.38. The van der Waals surface area contributed by atoms with Gasteiger partial charge in [0.1, 0.15) is 0 Å². The number of carboxylic acids is 1. The molecule has 1 amide bonds. The highest BCUT2D eigenvalue weighted by Crippen LogP contribution is 2.34. The Balaban J connectivity index is 1.98. The largest absolute Gasteiger partial charge is 0.479 e. The monoisotopic (exact) mass is 377 g/mol. The molecule has 1 aromatic rings. The lowest BCUT2D eigenvalue weighted by Crippen LogP contribution is -2.52. The van der Waals surface area contributed by atoms with Gasteiger partial charge in [-0.2, -0.15) is 0 Å². The number of aliphatic carboxylic acids is 1. The summed E-state index contributed by atoms with van der Waals surface area (Å²) < 4.78 is 0. The molecule has 8 heteroatoms. The summed E-state index contributed by atoms with van der Waals surface area (Å²) in [6.45, 7) is 2.20. The number of hydrogen-bond donors (Lipinski definition) is 2. The summed E-state index contributed by atoms with van der Waals surface area (Å²) in [6, 6.07) is 5.06. The summed E-state index contributed by atoms with van der Waals surface area (Å²) in [5.41, 5.74) is -1.73. The van der Waals surface area contributed by atoms with Crippen LogP contribution in [-0.2, 0) is 9.59 Å². The fourth-order valence-corrected chi connectivity index (χ4v) is 3.87. The molecular formula is C15H17Cl2NO4S. The number of likely N-dealkylation sites (tertiary alicyclic amines) is 1. The number of rotatable bonds is 4. The van der Waals surface area contributed by atoms with E-state index in [-0.39, 0.29) is 37.1 Å². The second-order valence-corrected chi connectivity index (χ2v) is 7.72. The zero-order valence-electron chi connectivity index (χ0n) is 12.5. The molecule has 0 saturated carbocycles. The molecule has 1 atom stereocenters. The summed E-state index contributed by atoms with van der Waals surface area (Å²) in [6.07, 6.45) is 0.0623. The first kappa shape index (κ1) is 18.4. The van der Waals surface area contributed by atoms with Crippen molar-refractivity contribution in [1.82, 2.24) is 4.90 Å². The summed E-state index contributed by atoms with van der Waals surface area (Å²) in [7, 11) is 0. The molecule has 2 rings (SSSR count). The van der Waals surface area contributed by atoms with Crippen LogP contribution in [0.3, 0.4) is 0 Å². The number of amides is 1. The predicted octanol–water partition coefficient (Wildman–Crippen LogP) is 2.91. The van der Waals surface area contributed by atoms with Crippen molar-refractivity contribution in [3.63, 3.8) is 0 Å². The van der Waals surface area contributed by atoms with E-state index in [4.69, 9.17) is 28.3 Å². The normalized spacial score (nSPS) is 18.5. The average molecular weight is 378 g/mol. The molecule has 1 unspecified atom stereocenters. The Morgan fingerprint density at radius 1 is 1.30 bits per heavy atom. The van der Waals surface area contributed by atoms with Gasteiger partial charge in [-0.15, -0.1) is 11.8 Å². The van der Waals surface area contributed by atoms with E-state index in [1.54, 1.807) is 30.0 Å². The Labute approximate surface area is 148 Å². The first-order valence-corrected chi connectivity index (χ1v) is 8.73. The minimum Gasteiger partial charge on any atom is -0.479 e. The van der Waals surface area contributed by atoms with Crippen LogP contribution in [0, 0.1) is 0 Å². The van der Waals surface area contributed by atoms with Gasteiger partial charge in [0.15, 0.2) is 5.60 Å². The van der Waals surface area contributed by atoms with Crippen LogP contribution in [0.2, 0.25) is 10.0 Å². The number of piperidine rings is 1. The molecule has 1 aliphatic heterocycles. The highest BCUT2D eigenvalue weighted by atomic mass is 35.5. The second kappa shape index (κ2) is 7.30. The number of carbonyl (C=O) groups excluding carboxylic acids is 1. The molecule has 1 heterocycles. The van der Waals surface area contributed by atoms with Crippen LogP contribution in [0.4, 0.5) is 0 Å². The van der Waals surface area contributed by atoms with Crippen molar-refractivity contribution in [1.29, 1.82) is 0 Å². The number of halogens is 2. The molecule has 0 bridgehead atoms. The predicted molar refractivity (Wildman–Crippen MR) is 90.2 cm³/mol. The van der Waals surface area contributed by atoms with Crippen LogP contribution in [0.15, 0.2) is 23.1 Å². The van der Waals surface area contributed by atoms with E-state index in [2.05, 4.69) is 0 Å². The third-order valence-electron chi connectivity index (χ3n) is 3.85. The first-order valence-electron chi connectivity index (χ1n) is 7.09. The molecule has 1 aliphatic rings. The molecule has 23 heavy (non-hydrogen) atoms. The van der Waals surface area contributed by atoms with E-state index in [9.17, 15) is 14.7 Å². The van der Waals surface area contributed by atoms with Crippen LogP contribution in [0.1, 0.15) is 19.8 Å². The lowest BCUT2D eigenvalue weighted by atomic mass is 9.91. The van der Waals surface area contributed by atoms with E-state index in [1.165, 1.54) is 11.8 Å². The van der Waals surface area contributed by atoms with Gasteiger partial charge < -0.3 is 15.1 Å². The number of aliphatic hydroxyl groups is 1. The zero-order chi connectivity index (χ0) is 17.2. The summed E-state index contributed by atoms with van der Waals surface area (Å²) >= 11 is 13.3. The highest BCUT2D eigenvalue weighted by molar-refractivity contribution is 8.00. The molecular weight excluding hydrogens is 361 g/mol. The fraction of sp³-hybridized carbons (Fsp3) is 0.467. The van der Waals surface area contributed by atoms with Gasteiger partial charge in [0.2, 0.25) is 5.91 Å². The van der Waals surface area contributed by atoms with Gasteiger partial charge in [0.25, 0.3) is 0 Å². The molecule has 126 valence electrons. The molecule has 1 aromatic carbocycles. The maximum Gasteiger partial charge on any atom is 0.335 e. The van der Waals surface area contributed by atoms with Crippen molar-refractivity contribution in [3.05, 3.63) is 28.2 Å². The Hall–Kier alpha value is -0.950. The third-order valence-corrected chi connectivity index (χ3v) is 5.67. The number of carbonyl (C=O) groups is 2. The van der Waals surface area contributed by atoms with Crippen LogP contribution >= 0.6 is 35.0 Å². The summed E-state index contributed by atoms with van der Waals surface area (Å²) in [5, 5.41) is 19.6. The van der Waals surface area contributed by atoms with Crippen molar-refractivity contribution in [2.75, 3.05) is 13.1 Å². The summed E-state index contributed by atoms with van der Waals surface area (Å²) in [5.74, 6) is -1.35. The maximum absolute atomic E-state index is 12.5. The van der Waals surface area contributed by atoms with Crippen molar-refractivity contribution in [3.8, 4) is 0 Å². The number of thioether (sulfide) groups is 1. The van der Waals surface area contributed by atoms with Crippen molar-refractivity contribution in [2.24, 2.45) is 0 Å². The lowest BCUT2D eigenvalue weighted by Gasteiger charge is -2.36. The molecule has 0 aromatic heterocycles. The minimum atomic E-state index is -1.73. The standard InChI is InChI=1S/C15H17Cl2NO4S/c1-9(23-12-8-10(16)2-3-11(12)17)13(19)18-6-4-15(22,5-7-18)14(20)21/h2-3,8-9,22H,4-7H2,1H3,(H,20,21). The van der Waals surface area contributed by atoms with E-state index in [0.717, 1.165) is 4.90 Å². The smallest absolute Gasteiger partial charge is 0.335 e. The van der Waals surface area contributed by atoms with Gasteiger partial charge in [-0.1, -0.05) is 23.2 Å². The molecule has 1 saturated heterocycles. The summed E-state index contributed by atoms with van der Waals surface area (Å²) in [4.78, 5) is 25.8. The number of carboxylic acid groups (broad SMARTS) is 1. The van der Waals surface area contributed by atoms with E-state index in [0.29, 0.717) is 10.0 Å². The maximum atomic E-state index is 12.5. The highest BCUT2D eigenvalue weighted by Gasteiger charge is 2.41. The van der Waals surface area contributed by atoms with Crippen LogP contribution < -0.4 is 0 Å². The molecule has 0 radical (unpaired) electrons. The SMILES string of the molecule is CC(Sc1cc(Cl)ccc1Cl)C(=O)N1CCC(O)(C(=O)O)CC1. The topological polar surface area (TPSA) is 77.8 Å². The number of nitrogens with zero attached hydrogens (tertiary/aromatic N) is 1. The lowest BCUT2D eigenvalue weighted by molar-refractivity contribution is -0.165. The van der Waals surface area contributed by atoms with E-state index in [1.807, 2.05) is 0 Å². The van der Waals surface area contributed by atoms with Gasteiger partial charge in [0, 0.05) is 35.8 Å². The molecule has 5 nitrogen and oxygen atoms in total. The van der Waals surface area contributed by atoms with Crippen LogP contribution in [0.25, 0.3) is 0 Å². The average Bonchev–Trinajstić information content (AvgIpc) is 2.50.